The molecule has 124 valence electrons. The van der Waals surface area contributed by atoms with Gasteiger partial charge in [0.25, 0.3) is 0 Å². The summed E-state index contributed by atoms with van der Waals surface area (Å²) in [6.07, 6.45) is 5.64. The smallest absolute Gasteiger partial charge is 0.360 e. The quantitative estimate of drug-likeness (QED) is 0.623. The van der Waals surface area contributed by atoms with Crippen LogP contribution >= 0.6 is 0 Å². The lowest BCUT2D eigenvalue weighted by atomic mass is 10.0. The second kappa shape index (κ2) is 6.57. The molecule has 1 amide bonds. The predicted octanol–water partition coefficient (Wildman–Crippen LogP) is 2.36. The van der Waals surface area contributed by atoms with Crippen molar-refractivity contribution in [2.75, 3.05) is 5.32 Å². The Morgan fingerprint density at radius 3 is 2.92 bits per heavy atom. The first-order valence-electron chi connectivity index (χ1n) is 7.59. The normalized spacial score (nSPS) is 10.9. The lowest BCUT2D eigenvalue weighted by Crippen LogP contribution is -2.14. The number of carbonyl (C=O) groups excluding carboxylic acids is 1. The van der Waals surface area contributed by atoms with Crippen molar-refractivity contribution in [3.05, 3.63) is 52.4 Å². The number of amides is 1. The molecule has 24 heavy (non-hydrogen) atoms. The molecule has 0 atom stereocenters. The Morgan fingerprint density at radius 2 is 2.21 bits per heavy atom. The van der Waals surface area contributed by atoms with E-state index < -0.39 is 5.63 Å². The largest absolute Gasteiger partial charge is 0.504 e. The summed E-state index contributed by atoms with van der Waals surface area (Å²) in [7, 11) is 0. The van der Waals surface area contributed by atoms with Crippen molar-refractivity contribution in [1.29, 1.82) is 0 Å². The van der Waals surface area contributed by atoms with Crippen LogP contribution in [0.1, 0.15) is 24.7 Å². The van der Waals surface area contributed by atoms with Gasteiger partial charge >= 0.3 is 5.63 Å². The molecule has 7 heteroatoms. The molecule has 1 aromatic carbocycles. The Morgan fingerprint density at radius 1 is 1.38 bits per heavy atom. The van der Waals surface area contributed by atoms with Crippen molar-refractivity contribution >= 4 is 22.6 Å². The van der Waals surface area contributed by atoms with Gasteiger partial charge in [-0.3, -0.25) is 4.79 Å². The Kier molecular flexibility index (Phi) is 4.33. The summed E-state index contributed by atoms with van der Waals surface area (Å²) in [5, 5.41) is 13.3. The fourth-order valence-corrected chi connectivity index (χ4v) is 2.57. The molecule has 0 saturated carbocycles. The van der Waals surface area contributed by atoms with Crippen LogP contribution in [-0.2, 0) is 17.6 Å². The maximum absolute atomic E-state index is 11.9. The number of phenolic OH excluding ortho intramolecular Hbond substituents is 1. The number of nitrogens with one attached hydrogen (secondary N) is 2. The number of imidazole rings is 1. The SMILES string of the molecule is CC(=O)Nc1cc2ccc(CCCc3ncc[nH]3)c(O)c2oc1=O. The van der Waals surface area contributed by atoms with Crippen molar-refractivity contribution in [3.63, 3.8) is 0 Å². The predicted molar refractivity (Wildman–Crippen MR) is 89.1 cm³/mol. The lowest BCUT2D eigenvalue weighted by Gasteiger charge is -2.08. The minimum Gasteiger partial charge on any atom is -0.504 e. The third-order valence-corrected chi connectivity index (χ3v) is 3.69. The fraction of sp³-hybridized carbons (Fsp3) is 0.235. The molecule has 0 bridgehead atoms. The second-order valence-electron chi connectivity index (χ2n) is 5.51. The number of rotatable bonds is 5. The standard InChI is InChI=1S/C17H17N3O4/c1-10(21)20-13-9-12-6-5-11(15(22)16(12)24-17(13)23)3-2-4-14-18-7-8-19-14/h5-9,22H,2-4H2,1H3,(H,18,19)(H,20,21). The van der Waals surface area contributed by atoms with E-state index in [1.807, 2.05) is 0 Å². The van der Waals surface area contributed by atoms with Crippen LogP contribution in [0.3, 0.4) is 0 Å². The third kappa shape index (κ3) is 3.29. The zero-order valence-electron chi connectivity index (χ0n) is 13.1. The van der Waals surface area contributed by atoms with Crippen LogP contribution in [0.5, 0.6) is 5.75 Å². The number of aryl methyl sites for hydroxylation is 2. The van der Waals surface area contributed by atoms with E-state index in [2.05, 4.69) is 15.3 Å². The van der Waals surface area contributed by atoms with Gasteiger partial charge in [0.15, 0.2) is 11.3 Å². The molecular formula is C17H17N3O4. The first-order valence-corrected chi connectivity index (χ1v) is 7.59. The molecule has 0 spiro atoms. The van der Waals surface area contributed by atoms with Crippen molar-refractivity contribution < 1.29 is 14.3 Å². The lowest BCUT2D eigenvalue weighted by molar-refractivity contribution is -0.114. The van der Waals surface area contributed by atoms with Crippen LogP contribution < -0.4 is 10.9 Å². The van der Waals surface area contributed by atoms with Gasteiger partial charge in [0.1, 0.15) is 11.5 Å². The Labute approximate surface area is 137 Å². The van der Waals surface area contributed by atoms with E-state index in [1.54, 1.807) is 24.5 Å². The highest BCUT2D eigenvalue weighted by molar-refractivity contribution is 5.92. The van der Waals surface area contributed by atoms with Gasteiger partial charge in [-0.1, -0.05) is 12.1 Å². The van der Waals surface area contributed by atoms with Crippen LogP contribution in [0.4, 0.5) is 5.69 Å². The molecule has 0 unspecified atom stereocenters. The van der Waals surface area contributed by atoms with E-state index in [0.29, 0.717) is 17.4 Å². The van der Waals surface area contributed by atoms with Crippen molar-refractivity contribution in [3.8, 4) is 5.75 Å². The average Bonchev–Trinajstić information content (AvgIpc) is 3.04. The van der Waals surface area contributed by atoms with Crippen LogP contribution in [0.25, 0.3) is 11.0 Å². The molecule has 0 aliphatic carbocycles. The minimum absolute atomic E-state index is 0.0431. The zero-order valence-corrected chi connectivity index (χ0v) is 13.1. The summed E-state index contributed by atoms with van der Waals surface area (Å²) >= 11 is 0. The van der Waals surface area contributed by atoms with Crippen LogP contribution in [0.2, 0.25) is 0 Å². The number of nitrogens with zero attached hydrogens (tertiary/aromatic N) is 1. The summed E-state index contributed by atoms with van der Waals surface area (Å²) in [4.78, 5) is 30.2. The molecule has 0 saturated heterocycles. The molecule has 0 aliphatic rings. The summed E-state index contributed by atoms with van der Waals surface area (Å²) in [5.74, 6) is 0.487. The highest BCUT2D eigenvalue weighted by atomic mass is 16.4. The van der Waals surface area contributed by atoms with Crippen LogP contribution in [-0.4, -0.2) is 21.0 Å². The first-order chi connectivity index (χ1) is 11.5. The zero-order chi connectivity index (χ0) is 17.1. The highest BCUT2D eigenvalue weighted by Crippen LogP contribution is 2.30. The Hall–Kier alpha value is -3.09. The maximum atomic E-state index is 11.9. The monoisotopic (exact) mass is 327 g/mol. The van der Waals surface area contributed by atoms with Crippen LogP contribution in [0.15, 0.2) is 39.8 Å². The number of aromatic amines is 1. The summed E-state index contributed by atoms with van der Waals surface area (Å²) in [6.45, 7) is 1.31. The number of hydrogen-bond acceptors (Lipinski definition) is 5. The molecule has 3 rings (SSSR count). The average molecular weight is 327 g/mol. The van der Waals surface area contributed by atoms with E-state index in [9.17, 15) is 14.7 Å². The van der Waals surface area contributed by atoms with E-state index in [-0.39, 0.29) is 22.9 Å². The van der Waals surface area contributed by atoms with Gasteiger partial charge in [-0.2, -0.15) is 0 Å². The Balaban J connectivity index is 1.84. The van der Waals surface area contributed by atoms with Crippen LogP contribution in [0, 0.1) is 0 Å². The molecule has 7 nitrogen and oxygen atoms in total. The topological polar surface area (TPSA) is 108 Å². The molecule has 0 radical (unpaired) electrons. The van der Waals surface area contributed by atoms with E-state index in [4.69, 9.17) is 4.42 Å². The Bertz CT molecular complexity index is 929. The van der Waals surface area contributed by atoms with Gasteiger partial charge in [-0.05, 0) is 24.5 Å². The number of anilines is 1. The molecule has 2 heterocycles. The number of hydrogen-bond donors (Lipinski definition) is 3. The number of aromatic hydroxyl groups is 1. The molecule has 3 aromatic rings. The summed E-state index contributed by atoms with van der Waals surface area (Å²) < 4.78 is 5.18. The summed E-state index contributed by atoms with van der Waals surface area (Å²) in [5.41, 5.74) is 0.190. The van der Waals surface area contributed by atoms with E-state index in [0.717, 1.165) is 18.7 Å². The maximum Gasteiger partial charge on any atom is 0.360 e. The number of phenols is 1. The fourth-order valence-electron chi connectivity index (χ4n) is 2.57. The van der Waals surface area contributed by atoms with Gasteiger partial charge < -0.3 is 19.8 Å². The van der Waals surface area contributed by atoms with E-state index >= 15 is 0 Å². The molecule has 0 aliphatic heterocycles. The van der Waals surface area contributed by atoms with Crippen molar-refractivity contribution in [2.45, 2.75) is 26.2 Å². The van der Waals surface area contributed by atoms with Gasteiger partial charge in [0.2, 0.25) is 5.91 Å². The summed E-state index contributed by atoms with van der Waals surface area (Å²) in [6, 6.07) is 5.04. The molecule has 0 fully saturated rings. The molecule has 3 N–H and O–H groups in total. The number of carbonyl (C=O) groups is 1. The third-order valence-electron chi connectivity index (χ3n) is 3.69. The molecule has 2 aromatic heterocycles. The number of H-pyrrole nitrogens is 1. The van der Waals surface area contributed by atoms with Crippen molar-refractivity contribution in [1.82, 2.24) is 9.97 Å². The number of fused-ring (bicyclic) bond motifs is 1. The highest BCUT2D eigenvalue weighted by Gasteiger charge is 2.13. The molecular weight excluding hydrogens is 310 g/mol. The van der Waals surface area contributed by atoms with E-state index in [1.165, 1.54) is 13.0 Å². The van der Waals surface area contributed by atoms with Gasteiger partial charge in [0.05, 0.1) is 0 Å². The van der Waals surface area contributed by atoms with Gasteiger partial charge in [-0.15, -0.1) is 0 Å². The number of benzene rings is 1. The first kappa shape index (κ1) is 15.8. The van der Waals surface area contributed by atoms with Gasteiger partial charge in [0, 0.05) is 31.1 Å². The second-order valence-corrected chi connectivity index (χ2v) is 5.51. The van der Waals surface area contributed by atoms with Crippen molar-refractivity contribution in [2.24, 2.45) is 0 Å². The minimum atomic E-state index is -0.694. The van der Waals surface area contributed by atoms with Gasteiger partial charge in [-0.25, -0.2) is 9.78 Å². The number of aromatic nitrogens is 2.